The summed E-state index contributed by atoms with van der Waals surface area (Å²) in [5.41, 5.74) is 2.10. The minimum atomic E-state index is 0.0368. The number of hydrogen-bond donors (Lipinski definition) is 1. The van der Waals surface area contributed by atoms with Gasteiger partial charge in [0.1, 0.15) is 0 Å². The van der Waals surface area contributed by atoms with E-state index in [1.807, 2.05) is 48.7 Å². The molecule has 6 heteroatoms. The largest absolute Gasteiger partial charge is 0.352 e. The number of amides is 1. The van der Waals surface area contributed by atoms with Crippen LogP contribution >= 0.6 is 11.6 Å². The fourth-order valence-corrected chi connectivity index (χ4v) is 3.17. The molecule has 2 aromatic heterocycles. The monoisotopic (exact) mass is 352 g/mol. The molecule has 2 atom stereocenters. The first-order valence-electron chi connectivity index (χ1n) is 8.19. The fraction of sp³-hybridized carbons (Fsp3) is 0.211. The van der Waals surface area contributed by atoms with Gasteiger partial charge in [0.05, 0.1) is 0 Å². The number of nitrogens with one attached hydrogen (secondary N) is 1. The zero-order chi connectivity index (χ0) is 17.2. The molecule has 1 fully saturated rings. The maximum atomic E-state index is 12.3. The lowest BCUT2D eigenvalue weighted by molar-refractivity contribution is -0.122. The summed E-state index contributed by atoms with van der Waals surface area (Å²) in [7, 11) is 0. The minimum absolute atomic E-state index is 0.0368. The van der Waals surface area contributed by atoms with Gasteiger partial charge >= 0.3 is 0 Å². The van der Waals surface area contributed by atoms with Crippen LogP contribution in [0.25, 0.3) is 5.82 Å². The summed E-state index contributed by atoms with van der Waals surface area (Å²) in [6.45, 7) is 0.476. The lowest BCUT2D eigenvalue weighted by Crippen LogP contribution is -2.25. The number of rotatable bonds is 5. The van der Waals surface area contributed by atoms with Gasteiger partial charge in [0, 0.05) is 36.1 Å². The highest BCUT2D eigenvalue weighted by atomic mass is 35.5. The Hall–Kier alpha value is -2.66. The predicted molar refractivity (Wildman–Crippen MR) is 95.5 cm³/mol. The average Bonchev–Trinajstić information content (AvgIpc) is 3.25. The molecule has 1 aliphatic carbocycles. The summed E-state index contributed by atoms with van der Waals surface area (Å²) in [4.78, 5) is 16.7. The second-order valence-electron chi connectivity index (χ2n) is 6.20. The van der Waals surface area contributed by atoms with Crippen molar-refractivity contribution in [3.63, 3.8) is 0 Å². The van der Waals surface area contributed by atoms with Gasteiger partial charge in [0.2, 0.25) is 5.91 Å². The van der Waals surface area contributed by atoms with E-state index in [9.17, 15) is 4.79 Å². The Morgan fingerprint density at radius 3 is 2.92 bits per heavy atom. The molecule has 25 heavy (non-hydrogen) atoms. The van der Waals surface area contributed by atoms with Crippen molar-refractivity contribution in [3.05, 3.63) is 77.2 Å². The molecule has 0 radical (unpaired) electrons. The summed E-state index contributed by atoms with van der Waals surface area (Å²) in [6, 6.07) is 13.4. The highest BCUT2D eigenvalue weighted by Crippen LogP contribution is 2.47. The summed E-state index contributed by atoms with van der Waals surface area (Å²) in [5, 5.41) is 7.85. The zero-order valence-corrected chi connectivity index (χ0v) is 14.2. The summed E-state index contributed by atoms with van der Waals surface area (Å²) >= 11 is 6.02. The van der Waals surface area contributed by atoms with E-state index in [0.717, 1.165) is 23.4 Å². The molecule has 0 unspecified atom stereocenters. The molecule has 4 rings (SSSR count). The first-order valence-corrected chi connectivity index (χ1v) is 8.56. The van der Waals surface area contributed by atoms with E-state index in [-0.39, 0.29) is 17.7 Å². The molecule has 1 amide bonds. The molecule has 1 saturated carbocycles. The second-order valence-corrected chi connectivity index (χ2v) is 6.63. The summed E-state index contributed by atoms with van der Waals surface area (Å²) < 4.78 is 1.70. The van der Waals surface area contributed by atoms with Crippen LogP contribution in [0.3, 0.4) is 0 Å². The Morgan fingerprint density at radius 2 is 2.20 bits per heavy atom. The van der Waals surface area contributed by atoms with Gasteiger partial charge in [-0.25, -0.2) is 9.67 Å². The predicted octanol–water partition coefficient (Wildman–Crippen LogP) is 3.34. The number of benzene rings is 1. The lowest BCUT2D eigenvalue weighted by Gasteiger charge is -2.06. The third-order valence-corrected chi connectivity index (χ3v) is 4.65. The van der Waals surface area contributed by atoms with Gasteiger partial charge in [-0.1, -0.05) is 29.8 Å². The van der Waals surface area contributed by atoms with Crippen molar-refractivity contribution in [3.8, 4) is 5.82 Å². The number of carbonyl (C=O) groups excluding carboxylic acids is 1. The highest BCUT2D eigenvalue weighted by molar-refractivity contribution is 6.30. The number of aromatic nitrogens is 3. The molecular formula is C19H17ClN4O. The van der Waals surface area contributed by atoms with Crippen LogP contribution in [0.1, 0.15) is 23.5 Å². The van der Waals surface area contributed by atoms with E-state index in [1.165, 1.54) is 0 Å². The third-order valence-electron chi connectivity index (χ3n) is 4.42. The van der Waals surface area contributed by atoms with Crippen LogP contribution in [-0.4, -0.2) is 20.7 Å². The van der Waals surface area contributed by atoms with E-state index >= 15 is 0 Å². The first kappa shape index (κ1) is 15.8. The first-order chi connectivity index (χ1) is 12.2. The zero-order valence-electron chi connectivity index (χ0n) is 13.5. The molecule has 5 nitrogen and oxygen atoms in total. The van der Waals surface area contributed by atoms with Crippen LogP contribution < -0.4 is 5.32 Å². The molecular weight excluding hydrogens is 336 g/mol. The third kappa shape index (κ3) is 3.56. The Balaban J connectivity index is 1.32. The van der Waals surface area contributed by atoms with Crippen LogP contribution in [0.2, 0.25) is 5.02 Å². The highest BCUT2D eigenvalue weighted by Gasteiger charge is 2.43. The maximum Gasteiger partial charge on any atom is 0.224 e. The second kappa shape index (κ2) is 6.69. The van der Waals surface area contributed by atoms with Crippen molar-refractivity contribution in [1.82, 2.24) is 20.1 Å². The van der Waals surface area contributed by atoms with E-state index in [0.29, 0.717) is 11.6 Å². The SMILES string of the molecule is O=C(NCc1ccc(-n2cccn2)nc1)[C@@H]1C[C@@H]1c1cccc(Cl)c1. The van der Waals surface area contributed by atoms with Gasteiger partial charge in [0.15, 0.2) is 5.82 Å². The molecule has 0 aliphatic heterocycles. The molecule has 3 aromatic rings. The molecule has 126 valence electrons. The Bertz CT molecular complexity index is 877. The van der Waals surface area contributed by atoms with Crippen molar-refractivity contribution >= 4 is 17.5 Å². The molecule has 1 N–H and O–H groups in total. The van der Waals surface area contributed by atoms with Gasteiger partial charge in [-0.05, 0) is 47.7 Å². The maximum absolute atomic E-state index is 12.3. The van der Waals surface area contributed by atoms with E-state index in [2.05, 4.69) is 15.4 Å². The van der Waals surface area contributed by atoms with Gasteiger partial charge < -0.3 is 5.32 Å². The van der Waals surface area contributed by atoms with Gasteiger partial charge in [-0.15, -0.1) is 0 Å². The van der Waals surface area contributed by atoms with Crippen molar-refractivity contribution in [2.45, 2.75) is 18.9 Å². The number of halogens is 1. The Labute approximate surface area is 150 Å². The number of pyridine rings is 1. The fourth-order valence-electron chi connectivity index (χ4n) is 2.97. The van der Waals surface area contributed by atoms with Crippen LogP contribution in [0, 0.1) is 5.92 Å². The number of hydrogen-bond acceptors (Lipinski definition) is 3. The van der Waals surface area contributed by atoms with Gasteiger partial charge in [-0.3, -0.25) is 4.79 Å². The molecule has 0 saturated heterocycles. The van der Waals surface area contributed by atoms with Gasteiger partial charge in [0.25, 0.3) is 0 Å². The number of nitrogens with zero attached hydrogens (tertiary/aromatic N) is 3. The smallest absolute Gasteiger partial charge is 0.224 e. The molecule has 0 bridgehead atoms. The van der Waals surface area contributed by atoms with Crippen molar-refractivity contribution in [1.29, 1.82) is 0 Å². The van der Waals surface area contributed by atoms with Crippen LogP contribution in [0.4, 0.5) is 0 Å². The molecule has 2 heterocycles. The Kier molecular flexibility index (Phi) is 4.24. The van der Waals surface area contributed by atoms with E-state index < -0.39 is 0 Å². The van der Waals surface area contributed by atoms with Crippen molar-refractivity contribution in [2.75, 3.05) is 0 Å². The van der Waals surface area contributed by atoms with Crippen molar-refractivity contribution < 1.29 is 4.79 Å². The standard InChI is InChI=1S/C19H17ClN4O/c20-15-4-1-3-14(9-15)16-10-17(16)19(25)22-12-13-5-6-18(21-11-13)24-8-2-7-23-24/h1-9,11,16-17H,10,12H2,(H,22,25)/t16-,17-/m1/s1. The Morgan fingerprint density at radius 1 is 1.28 bits per heavy atom. The van der Waals surface area contributed by atoms with Crippen LogP contribution in [0.15, 0.2) is 61.1 Å². The molecule has 1 aromatic carbocycles. The van der Waals surface area contributed by atoms with E-state index in [1.54, 1.807) is 17.1 Å². The average molecular weight is 353 g/mol. The van der Waals surface area contributed by atoms with Crippen LogP contribution in [0.5, 0.6) is 0 Å². The van der Waals surface area contributed by atoms with Crippen LogP contribution in [-0.2, 0) is 11.3 Å². The van der Waals surface area contributed by atoms with Crippen molar-refractivity contribution in [2.24, 2.45) is 5.92 Å². The van der Waals surface area contributed by atoms with E-state index in [4.69, 9.17) is 11.6 Å². The molecule has 0 spiro atoms. The molecule has 1 aliphatic rings. The lowest BCUT2D eigenvalue weighted by atomic mass is 10.1. The normalized spacial score (nSPS) is 18.8. The number of carbonyl (C=O) groups is 1. The minimum Gasteiger partial charge on any atom is -0.352 e. The summed E-state index contributed by atoms with van der Waals surface area (Å²) in [6.07, 6.45) is 6.19. The topological polar surface area (TPSA) is 59.8 Å². The summed E-state index contributed by atoms with van der Waals surface area (Å²) in [5.74, 6) is 1.15. The van der Waals surface area contributed by atoms with Gasteiger partial charge in [-0.2, -0.15) is 5.10 Å². The quantitative estimate of drug-likeness (QED) is 0.766.